The van der Waals surface area contributed by atoms with E-state index in [4.69, 9.17) is 16.6 Å². The third-order valence-electron chi connectivity index (χ3n) is 3.49. The van der Waals surface area contributed by atoms with Gasteiger partial charge in [-0.25, -0.2) is 9.18 Å². The average Bonchev–Trinajstić information content (AvgIpc) is 2.40. The van der Waals surface area contributed by atoms with Crippen LogP contribution >= 0.6 is 0 Å². The lowest BCUT2D eigenvalue weighted by molar-refractivity contribution is -0.119. The predicted octanol–water partition coefficient (Wildman–Crippen LogP) is 0.950. The summed E-state index contributed by atoms with van der Waals surface area (Å²) < 4.78 is 13.8. The van der Waals surface area contributed by atoms with Gasteiger partial charge in [0.2, 0.25) is 5.91 Å². The molecule has 1 aliphatic rings. The number of piperidine rings is 1. The van der Waals surface area contributed by atoms with Crippen LogP contribution in [0.4, 0.5) is 15.8 Å². The monoisotopic (exact) mass is 281 g/mol. The molecule has 108 valence electrons. The van der Waals surface area contributed by atoms with E-state index >= 15 is 0 Å². The number of carboxylic acids is 1. The van der Waals surface area contributed by atoms with E-state index in [1.807, 2.05) is 0 Å². The molecule has 6 nitrogen and oxygen atoms in total. The first kappa shape index (κ1) is 14.1. The van der Waals surface area contributed by atoms with E-state index in [-0.39, 0.29) is 5.69 Å². The molecule has 2 rings (SSSR count). The van der Waals surface area contributed by atoms with E-state index in [9.17, 15) is 14.0 Å². The average molecular weight is 281 g/mol. The molecule has 1 amide bonds. The summed E-state index contributed by atoms with van der Waals surface area (Å²) in [4.78, 5) is 24.0. The van der Waals surface area contributed by atoms with Crippen molar-refractivity contribution in [2.45, 2.75) is 25.3 Å². The first-order valence-corrected chi connectivity index (χ1v) is 6.30. The number of rotatable bonds is 3. The van der Waals surface area contributed by atoms with Crippen LogP contribution in [-0.2, 0) is 4.79 Å². The van der Waals surface area contributed by atoms with E-state index in [1.54, 1.807) is 4.90 Å². The number of primary amides is 1. The van der Waals surface area contributed by atoms with Crippen LogP contribution in [0.5, 0.6) is 0 Å². The molecule has 7 heteroatoms. The number of nitrogen functional groups attached to an aromatic ring is 1. The Morgan fingerprint density at radius 3 is 2.65 bits per heavy atom. The minimum absolute atomic E-state index is 0.122. The third-order valence-corrected chi connectivity index (χ3v) is 3.49. The van der Waals surface area contributed by atoms with Crippen LogP contribution in [0.1, 0.15) is 29.6 Å². The number of halogens is 1. The van der Waals surface area contributed by atoms with Crippen molar-refractivity contribution in [2.24, 2.45) is 5.73 Å². The minimum atomic E-state index is -1.38. The molecule has 0 aromatic heterocycles. The molecule has 20 heavy (non-hydrogen) atoms. The van der Waals surface area contributed by atoms with Crippen molar-refractivity contribution >= 4 is 23.3 Å². The zero-order valence-electron chi connectivity index (χ0n) is 10.8. The standard InChI is InChI=1S/C13H16FN3O3/c14-8-6-11(9(15)5-7(8)13(19)20)17-4-2-1-3-10(17)12(16)18/h5-6,10H,1-4,15H2,(H2,16,18)(H,19,20). The van der Waals surface area contributed by atoms with Gasteiger partial charge in [-0.05, 0) is 25.3 Å². The number of anilines is 2. The van der Waals surface area contributed by atoms with Crippen LogP contribution in [0.15, 0.2) is 12.1 Å². The van der Waals surface area contributed by atoms with Gasteiger partial charge < -0.3 is 21.5 Å². The molecule has 0 spiro atoms. The number of carboxylic acid groups (broad SMARTS) is 1. The molecule has 0 saturated carbocycles. The van der Waals surface area contributed by atoms with Gasteiger partial charge in [-0.15, -0.1) is 0 Å². The summed E-state index contributed by atoms with van der Waals surface area (Å²) in [6.07, 6.45) is 2.28. The lowest BCUT2D eigenvalue weighted by atomic mass is 9.99. The molecule has 1 heterocycles. The van der Waals surface area contributed by atoms with Gasteiger partial charge in [-0.3, -0.25) is 4.79 Å². The second kappa shape index (κ2) is 5.36. The van der Waals surface area contributed by atoms with Crippen molar-refractivity contribution in [3.8, 4) is 0 Å². The van der Waals surface area contributed by atoms with Crippen molar-refractivity contribution in [1.29, 1.82) is 0 Å². The highest BCUT2D eigenvalue weighted by atomic mass is 19.1. The third kappa shape index (κ3) is 2.52. The molecule has 5 N–H and O–H groups in total. The number of carbonyl (C=O) groups is 2. The largest absolute Gasteiger partial charge is 0.478 e. The summed E-state index contributed by atoms with van der Waals surface area (Å²) in [6, 6.07) is 1.58. The van der Waals surface area contributed by atoms with Crippen LogP contribution in [0.2, 0.25) is 0 Å². The molecule has 1 saturated heterocycles. The number of amides is 1. The molecule has 1 aliphatic heterocycles. The molecule has 1 unspecified atom stereocenters. The van der Waals surface area contributed by atoms with Crippen molar-refractivity contribution in [1.82, 2.24) is 0 Å². The van der Waals surface area contributed by atoms with Crippen LogP contribution in [0.25, 0.3) is 0 Å². The Kier molecular flexibility index (Phi) is 3.78. The Balaban J connectivity index is 2.43. The van der Waals surface area contributed by atoms with Crippen molar-refractivity contribution in [3.63, 3.8) is 0 Å². The highest BCUT2D eigenvalue weighted by Crippen LogP contribution is 2.31. The maximum atomic E-state index is 13.8. The van der Waals surface area contributed by atoms with Gasteiger partial charge in [0.15, 0.2) is 0 Å². The molecule has 1 atom stereocenters. The molecule has 1 fully saturated rings. The van der Waals surface area contributed by atoms with Crippen LogP contribution in [0.3, 0.4) is 0 Å². The highest BCUT2D eigenvalue weighted by Gasteiger charge is 2.29. The summed E-state index contributed by atoms with van der Waals surface area (Å²) in [5, 5.41) is 8.85. The fraction of sp³-hybridized carbons (Fsp3) is 0.385. The zero-order valence-corrected chi connectivity index (χ0v) is 10.8. The summed E-state index contributed by atoms with van der Waals surface area (Å²) in [6.45, 7) is 0.531. The Morgan fingerprint density at radius 1 is 1.35 bits per heavy atom. The molecule has 0 bridgehead atoms. The molecule has 0 radical (unpaired) electrons. The lowest BCUT2D eigenvalue weighted by Gasteiger charge is -2.36. The summed E-state index contributed by atoms with van der Waals surface area (Å²) in [5.74, 6) is -2.76. The molecular weight excluding hydrogens is 265 g/mol. The number of hydrogen-bond donors (Lipinski definition) is 3. The number of aromatic carboxylic acids is 1. The Hall–Kier alpha value is -2.31. The van der Waals surface area contributed by atoms with Gasteiger partial charge >= 0.3 is 5.97 Å². The van der Waals surface area contributed by atoms with E-state index in [1.165, 1.54) is 0 Å². The number of benzene rings is 1. The maximum absolute atomic E-state index is 13.8. The number of carbonyl (C=O) groups excluding carboxylic acids is 1. The summed E-state index contributed by atoms with van der Waals surface area (Å²) in [7, 11) is 0. The summed E-state index contributed by atoms with van der Waals surface area (Å²) in [5.41, 5.74) is 11.1. The molecule has 1 aromatic carbocycles. The van der Waals surface area contributed by atoms with Crippen LogP contribution < -0.4 is 16.4 Å². The second-order valence-electron chi connectivity index (χ2n) is 4.80. The Labute approximate surface area is 115 Å². The van der Waals surface area contributed by atoms with Crippen molar-refractivity contribution in [3.05, 3.63) is 23.5 Å². The van der Waals surface area contributed by atoms with Gasteiger partial charge in [-0.1, -0.05) is 0 Å². The lowest BCUT2D eigenvalue weighted by Crippen LogP contribution is -2.48. The van der Waals surface area contributed by atoms with Gasteiger partial charge in [-0.2, -0.15) is 0 Å². The van der Waals surface area contributed by atoms with E-state index in [0.29, 0.717) is 18.7 Å². The maximum Gasteiger partial charge on any atom is 0.338 e. The smallest absolute Gasteiger partial charge is 0.338 e. The second-order valence-corrected chi connectivity index (χ2v) is 4.80. The molecule has 1 aromatic rings. The van der Waals surface area contributed by atoms with Crippen molar-refractivity contribution in [2.75, 3.05) is 17.2 Å². The molecular formula is C13H16FN3O3. The van der Waals surface area contributed by atoms with E-state index in [0.717, 1.165) is 25.0 Å². The number of nitrogens with two attached hydrogens (primary N) is 2. The van der Waals surface area contributed by atoms with E-state index < -0.39 is 29.3 Å². The number of nitrogens with zero attached hydrogens (tertiary/aromatic N) is 1. The Bertz CT molecular complexity index is 562. The fourth-order valence-corrected chi connectivity index (χ4v) is 2.51. The summed E-state index contributed by atoms with van der Waals surface area (Å²) >= 11 is 0. The fourth-order valence-electron chi connectivity index (χ4n) is 2.51. The van der Waals surface area contributed by atoms with Gasteiger partial charge in [0, 0.05) is 12.6 Å². The quantitative estimate of drug-likeness (QED) is 0.714. The zero-order chi connectivity index (χ0) is 14.9. The SMILES string of the molecule is NC(=O)C1CCCCN1c1cc(F)c(C(=O)O)cc1N. The van der Waals surface area contributed by atoms with Gasteiger partial charge in [0.25, 0.3) is 0 Å². The van der Waals surface area contributed by atoms with Gasteiger partial charge in [0.05, 0.1) is 16.9 Å². The van der Waals surface area contributed by atoms with Crippen LogP contribution in [0, 0.1) is 5.82 Å². The van der Waals surface area contributed by atoms with E-state index in [2.05, 4.69) is 0 Å². The first-order valence-electron chi connectivity index (χ1n) is 6.30. The van der Waals surface area contributed by atoms with Crippen LogP contribution in [-0.4, -0.2) is 29.6 Å². The first-order chi connectivity index (χ1) is 9.41. The number of hydrogen-bond acceptors (Lipinski definition) is 4. The normalized spacial score (nSPS) is 18.9. The minimum Gasteiger partial charge on any atom is -0.478 e. The topological polar surface area (TPSA) is 110 Å². The molecule has 0 aliphatic carbocycles. The van der Waals surface area contributed by atoms with Crippen molar-refractivity contribution < 1.29 is 19.1 Å². The highest BCUT2D eigenvalue weighted by molar-refractivity contribution is 5.92. The van der Waals surface area contributed by atoms with Gasteiger partial charge in [0.1, 0.15) is 11.9 Å². The predicted molar refractivity (Wildman–Crippen MR) is 72.0 cm³/mol. The Morgan fingerprint density at radius 2 is 2.05 bits per heavy atom.